The van der Waals surface area contributed by atoms with Crippen LogP contribution in [0.2, 0.25) is 0 Å². The molecule has 0 aliphatic heterocycles. The van der Waals surface area contributed by atoms with Gasteiger partial charge in [0.25, 0.3) is 0 Å². The van der Waals surface area contributed by atoms with Gasteiger partial charge < -0.3 is 14.2 Å². The number of aromatic nitrogens is 2. The fourth-order valence-electron chi connectivity index (χ4n) is 3.22. The van der Waals surface area contributed by atoms with Crippen molar-refractivity contribution in [3.8, 4) is 17.1 Å². The Morgan fingerprint density at radius 1 is 1.16 bits per heavy atom. The predicted molar refractivity (Wildman–Crippen MR) is 121 cm³/mol. The van der Waals surface area contributed by atoms with Gasteiger partial charge in [0.05, 0.1) is 7.11 Å². The van der Waals surface area contributed by atoms with Gasteiger partial charge in [-0.2, -0.15) is 4.98 Å². The number of methoxy groups -OCH3 is 1. The van der Waals surface area contributed by atoms with E-state index in [1.165, 1.54) is 5.56 Å². The van der Waals surface area contributed by atoms with Gasteiger partial charge in [-0.25, -0.2) is 0 Å². The highest BCUT2D eigenvalue weighted by atomic mass is 16.5. The zero-order chi connectivity index (χ0) is 22.2. The van der Waals surface area contributed by atoms with Crippen LogP contribution >= 0.6 is 0 Å². The Balaban J connectivity index is 1.59. The topological polar surface area (TPSA) is 68.5 Å². The van der Waals surface area contributed by atoms with Crippen molar-refractivity contribution >= 4 is 5.91 Å². The van der Waals surface area contributed by atoms with Gasteiger partial charge in [-0.3, -0.25) is 4.79 Å². The molecule has 6 nitrogen and oxygen atoms in total. The molecule has 31 heavy (non-hydrogen) atoms. The monoisotopic (exact) mass is 419 g/mol. The highest BCUT2D eigenvalue weighted by molar-refractivity contribution is 5.76. The lowest BCUT2D eigenvalue weighted by molar-refractivity contribution is -0.131. The second kappa shape index (κ2) is 10.6. The largest absolute Gasteiger partial charge is 0.497 e. The van der Waals surface area contributed by atoms with Crippen molar-refractivity contribution in [3.63, 3.8) is 0 Å². The van der Waals surface area contributed by atoms with Gasteiger partial charge in [-0.15, -0.1) is 6.58 Å². The van der Waals surface area contributed by atoms with Crippen molar-refractivity contribution in [1.82, 2.24) is 15.0 Å². The first-order valence-corrected chi connectivity index (χ1v) is 10.4. The molecule has 0 fully saturated rings. The molecule has 1 heterocycles. The Labute approximate surface area is 183 Å². The molecule has 0 aliphatic rings. The molecule has 0 spiro atoms. The molecule has 3 aromatic rings. The summed E-state index contributed by atoms with van der Waals surface area (Å²) in [6.45, 7) is 9.06. The molecule has 1 aromatic heterocycles. The number of hydrogen-bond acceptors (Lipinski definition) is 5. The second-order valence-electron chi connectivity index (χ2n) is 7.70. The third-order valence-corrected chi connectivity index (χ3v) is 5.09. The van der Waals surface area contributed by atoms with Crippen LogP contribution in [0.3, 0.4) is 0 Å². The van der Waals surface area contributed by atoms with Crippen LogP contribution in [-0.4, -0.2) is 34.6 Å². The number of nitrogens with zero attached hydrogens (tertiary/aromatic N) is 3. The quantitative estimate of drug-likeness (QED) is 0.432. The Morgan fingerprint density at radius 3 is 2.48 bits per heavy atom. The van der Waals surface area contributed by atoms with Crippen molar-refractivity contribution in [2.45, 2.75) is 39.2 Å². The van der Waals surface area contributed by atoms with Gasteiger partial charge in [0.15, 0.2) is 0 Å². The van der Waals surface area contributed by atoms with Crippen LogP contribution in [0, 0.1) is 0 Å². The van der Waals surface area contributed by atoms with Crippen molar-refractivity contribution in [2.24, 2.45) is 0 Å². The molecule has 0 unspecified atom stereocenters. The van der Waals surface area contributed by atoms with Gasteiger partial charge in [-0.05, 0) is 29.2 Å². The third kappa shape index (κ3) is 6.04. The van der Waals surface area contributed by atoms with E-state index in [0.29, 0.717) is 37.1 Å². The molecule has 0 atom stereocenters. The molecule has 3 rings (SSSR count). The average Bonchev–Trinajstić information content (AvgIpc) is 3.27. The smallest absolute Gasteiger partial charge is 0.227 e. The molecule has 162 valence electrons. The summed E-state index contributed by atoms with van der Waals surface area (Å²) in [7, 11) is 1.63. The molecular formula is C25H29N3O3. The van der Waals surface area contributed by atoms with Crippen molar-refractivity contribution in [3.05, 3.63) is 78.2 Å². The first kappa shape index (κ1) is 22.3. The van der Waals surface area contributed by atoms with E-state index in [2.05, 4.69) is 42.7 Å². The van der Waals surface area contributed by atoms with E-state index in [0.717, 1.165) is 16.9 Å². The third-order valence-electron chi connectivity index (χ3n) is 5.09. The van der Waals surface area contributed by atoms with Crippen LogP contribution in [-0.2, 0) is 17.8 Å². The normalized spacial score (nSPS) is 10.8. The molecule has 0 radical (unpaired) electrons. The van der Waals surface area contributed by atoms with E-state index in [4.69, 9.17) is 9.26 Å². The van der Waals surface area contributed by atoms with Gasteiger partial charge in [0, 0.05) is 31.5 Å². The van der Waals surface area contributed by atoms with Crippen molar-refractivity contribution in [1.29, 1.82) is 0 Å². The first-order valence-electron chi connectivity index (χ1n) is 10.4. The summed E-state index contributed by atoms with van der Waals surface area (Å²) >= 11 is 0. The van der Waals surface area contributed by atoms with Crippen LogP contribution in [0.4, 0.5) is 0 Å². The molecule has 0 aliphatic carbocycles. The Morgan fingerprint density at radius 2 is 1.87 bits per heavy atom. The SMILES string of the molecule is C=CCN(Cc1ccc(OC)cc1)C(=O)CCc1nc(-c2ccc(C(C)C)cc2)no1. The summed E-state index contributed by atoms with van der Waals surface area (Å²) in [6.07, 6.45) is 2.41. The molecule has 0 bridgehead atoms. The van der Waals surface area contributed by atoms with E-state index >= 15 is 0 Å². The number of aryl methyl sites for hydroxylation is 1. The van der Waals surface area contributed by atoms with Crippen LogP contribution < -0.4 is 4.74 Å². The summed E-state index contributed by atoms with van der Waals surface area (Å²) in [5.41, 5.74) is 3.19. The lowest BCUT2D eigenvalue weighted by Gasteiger charge is -2.21. The number of benzene rings is 2. The zero-order valence-electron chi connectivity index (χ0n) is 18.4. The zero-order valence-corrected chi connectivity index (χ0v) is 18.4. The number of ether oxygens (including phenoxy) is 1. The van der Waals surface area contributed by atoms with Crippen LogP contribution in [0.5, 0.6) is 5.75 Å². The molecule has 0 saturated heterocycles. The second-order valence-corrected chi connectivity index (χ2v) is 7.70. The number of amides is 1. The minimum absolute atomic E-state index is 0.0109. The molecule has 0 saturated carbocycles. The highest BCUT2D eigenvalue weighted by Crippen LogP contribution is 2.21. The maximum Gasteiger partial charge on any atom is 0.227 e. The first-order chi connectivity index (χ1) is 15.0. The Bertz CT molecular complexity index is 992. The summed E-state index contributed by atoms with van der Waals surface area (Å²) in [6, 6.07) is 15.8. The van der Waals surface area contributed by atoms with Gasteiger partial charge in [0.2, 0.25) is 17.6 Å². The molecule has 2 aromatic carbocycles. The summed E-state index contributed by atoms with van der Waals surface area (Å²) in [5.74, 6) is 2.27. The lowest BCUT2D eigenvalue weighted by Crippen LogP contribution is -2.30. The van der Waals surface area contributed by atoms with Crippen LogP contribution in [0.15, 0.2) is 65.7 Å². The molecule has 1 amide bonds. The summed E-state index contributed by atoms with van der Waals surface area (Å²) < 4.78 is 10.6. The molecule has 0 N–H and O–H groups in total. The fourth-order valence-corrected chi connectivity index (χ4v) is 3.22. The molecular weight excluding hydrogens is 390 g/mol. The number of carbonyl (C=O) groups is 1. The number of rotatable bonds is 10. The van der Waals surface area contributed by atoms with E-state index in [-0.39, 0.29) is 12.3 Å². The average molecular weight is 420 g/mol. The van der Waals surface area contributed by atoms with E-state index in [1.54, 1.807) is 18.1 Å². The summed E-state index contributed by atoms with van der Waals surface area (Å²) in [5, 5.41) is 4.07. The van der Waals surface area contributed by atoms with Crippen LogP contribution in [0.25, 0.3) is 11.4 Å². The highest BCUT2D eigenvalue weighted by Gasteiger charge is 2.16. The Hall–Kier alpha value is -3.41. The van der Waals surface area contributed by atoms with Gasteiger partial charge >= 0.3 is 0 Å². The van der Waals surface area contributed by atoms with E-state index < -0.39 is 0 Å². The fraction of sp³-hybridized carbons (Fsp3) is 0.320. The number of carbonyl (C=O) groups excluding carboxylic acids is 1. The van der Waals surface area contributed by atoms with Crippen molar-refractivity contribution in [2.75, 3.05) is 13.7 Å². The maximum atomic E-state index is 12.8. The van der Waals surface area contributed by atoms with Crippen LogP contribution in [0.1, 0.15) is 43.2 Å². The number of hydrogen-bond donors (Lipinski definition) is 0. The lowest BCUT2D eigenvalue weighted by atomic mass is 10.0. The standard InChI is InChI=1S/C25H29N3O3/c1-5-16-28(17-19-6-12-22(30-4)13-7-19)24(29)15-14-23-26-25(27-31-23)21-10-8-20(9-11-21)18(2)3/h5-13,18H,1,14-17H2,2-4H3. The van der Waals surface area contributed by atoms with E-state index in [9.17, 15) is 4.79 Å². The Kier molecular flexibility index (Phi) is 7.60. The van der Waals surface area contributed by atoms with Crippen molar-refractivity contribution < 1.29 is 14.1 Å². The summed E-state index contributed by atoms with van der Waals surface area (Å²) in [4.78, 5) is 19.0. The van der Waals surface area contributed by atoms with E-state index in [1.807, 2.05) is 36.4 Å². The maximum absolute atomic E-state index is 12.8. The van der Waals surface area contributed by atoms with Gasteiger partial charge in [0.1, 0.15) is 5.75 Å². The molecule has 6 heteroatoms. The minimum atomic E-state index is 0.0109. The van der Waals surface area contributed by atoms with Gasteiger partial charge in [-0.1, -0.05) is 61.5 Å². The predicted octanol–water partition coefficient (Wildman–Crippen LogP) is 5.02. The minimum Gasteiger partial charge on any atom is -0.497 e.